The first-order valence-corrected chi connectivity index (χ1v) is 10.6. The number of likely N-dealkylation sites (tertiary alicyclic amines) is 1. The highest BCUT2D eigenvalue weighted by Crippen LogP contribution is 2.24. The Labute approximate surface area is 184 Å². The van der Waals surface area contributed by atoms with E-state index in [0.717, 1.165) is 62.6 Å². The third kappa shape index (κ3) is 6.27. The van der Waals surface area contributed by atoms with Gasteiger partial charge in [0, 0.05) is 49.6 Å². The number of aliphatic imine (C=N–C) groups is 1. The van der Waals surface area contributed by atoms with Gasteiger partial charge in [0.1, 0.15) is 5.01 Å². The fourth-order valence-electron chi connectivity index (χ4n) is 3.47. The van der Waals surface area contributed by atoms with E-state index < -0.39 is 0 Å². The predicted octanol–water partition coefficient (Wildman–Crippen LogP) is 2.93. The van der Waals surface area contributed by atoms with Crippen LogP contribution in [0.1, 0.15) is 44.8 Å². The highest BCUT2D eigenvalue weighted by atomic mass is 127. The van der Waals surface area contributed by atoms with Gasteiger partial charge >= 0.3 is 0 Å². The van der Waals surface area contributed by atoms with Crippen molar-refractivity contribution in [3.05, 3.63) is 16.1 Å². The maximum atomic E-state index is 5.49. The number of morpholine rings is 1. The van der Waals surface area contributed by atoms with E-state index in [4.69, 9.17) is 14.7 Å². The molecule has 1 unspecified atom stereocenters. The molecule has 0 saturated carbocycles. The van der Waals surface area contributed by atoms with Crippen LogP contribution in [0.25, 0.3) is 0 Å². The molecular formula is C19H34IN5OS. The number of rotatable bonds is 4. The molecule has 0 bridgehead atoms. The van der Waals surface area contributed by atoms with Gasteiger partial charge in [-0.3, -0.25) is 4.90 Å². The lowest BCUT2D eigenvalue weighted by molar-refractivity contribution is 0.0195. The van der Waals surface area contributed by atoms with Crippen molar-refractivity contribution < 1.29 is 4.74 Å². The number of halogens is 1. The van der Waals surface area contributed by atoms with Crippen LogP contribution in [0, 0.1) is 0 Å². The summed E-state index contributed by atoms with van der Waals surface area (Å²) in [7, 11) is 0. The van der Waals surface area contributed by atoms with Gasteiger partial charge < -0.3 is 15.0 Å². The molecule has 3 rings (SSSR count). The first-order chi connectivity index (χ1) is 12.5. The first kappa shape index (κ1) is 22.8. The van der Waals surface area contributed by atoms with Crippen molar-refractivity contribution in [2.24, 2.45) is 4.99 Å². The molecule has 2 fully saturated rings. The molecule has 0 amide bonds. The Morgan fingerprint density at radius 1 is 1.33 bits per heavy atom. The van der Waals surface area contributed by atoms with Gasteiger partial charge in [-0.15, -0.1) is 35.3 Å². The lowest BCUT2D eigenvalue weighted by Gasteiger charge is -2.32. The summed E-state index contributed by atoms with van der Waals surface area (Å²) in [5.74, 6) is 1.02. The summed E-state index contributed by atoms with van der Waals surface area (Å²) in [6.45, 7) is 16.3. The van der Waals surface area contributed by atoms with Crippen molar-refractivity contribution in [3.63, 3.8) is 0 Å². The molecular weight excluding hydrogens is 473 g/mol. The molecule has 154 valence electrons. The summed E-state index contributed by atoms with van der Waals surface area (Å²) in [4.78, 5) is 14.6. The minimum absolute atomic E-state index is 0. The van der Waals surface area contributed by atoms with Crippen molar-refractivity contribution in [2.45, 2.75) is 52.1 Å². The van der Waals surface area contributed by atoms with Gasteiger partial charge in [0.2, 0.25) is 0 Å². The highest BCUT2D eigenvalue weighted by molar-refractivity contribution is 14.0. The number of nitrogens with zero attached hydrogens (tertiary/aromatic N) is 4. The van der Waals surface area contributed by atoms with E-state index >= 15 is 0 Å². The maximum Gasteiger partial charge on any atom is 0.194 e. The van der Waals surface area contributed by atoms with Crippen LogP contribution in [0.2, 0.25) is 0 Å². The van der Waals surface area contributed by atoms with E-state index in [1.54, 1.807) is 11.3 Å². The molecule has 1 atom stereocenters. The molecule has 3 heterocycles. The molecule has 2 aliphatic heterocycles. The van der Waals surface area contributed by atoms with Crippen LogP contribution in [-0.2, 0) is 16.7 Å². The zero-order chi connectivity index (χ0) is 18.6. The Kier molecular flexibility index (Phi) is 8.76. The first-order valence-electron chi connectivity index (χ1n) is 9.77. The molecule has 0 spiro atoms. The molecule has 27 heavy (non-hydrogen) atoms. The summed E-state index contributed by atoms with van der Waals surface area (Å²) >= 11 is 1.72. The summed E-state index contributed by atoms with van der Waals surface area (Å²) in [5, 5.41) is 6.73. The second-order valence-electron chi connectivity index (χ2n) is 8.08. The third-order valence-electron chi connectivity index (χ3n) is 5.04. The van der Waals surface area contributed by atoms with E-state index in [9.17, 15) is 0 Å². The highest BCUT2D eigenvalue weighted by Gasteiger charge is 2.30. The van der Waals surface area contributed by atoms with E-state index in [1.807, 2.05) is 0 Å². The fraction of sp³-hybridized carbons (Fsp3) is 0.789. The zero-order valence-corrected chi connectivity index (χ0v) is 20.2. The Hall–Kier alpha value is -0.450. The van der Waals surface area contributed by atoms with E-state index in [-0.39, 0.29) is 29.4 Å². The van der Waals surface area contributed by atoms with Crippen LogP contribution >= 0.6 is 35.3 Å². The molecule has 1 N–H and O–H groups in total. The average molecular weight is 507 g/mol. The molecule has 2 aliphatic rings. The van der Waals surface area contributed by atoms with Gasteiger partial charge in [0.15, 0.2) is 5.96 Å². The van der Waals surface area contributed by atoms with Gasteiger partial charge in [-0.25, -0.2) is 9.98 Å². The quantitative estimate of drug-likeness (QED) is 0.386. The molecule has 2 saturated heterocycles. The van der Waals surface area contributed by atoms with Crippen molar-refractivity contribution in [1.29, 1.82) is 0 Å². The number of nitrogens with one attached hydrogen (secondary N) is 1. The monoisotopic (exact) mass is 507 g/mol. The lowest BCUT2D eigenvalue weighted by Crippen LogP contribution is -2.46. The van der Waals surface area contributed by atoms with Gasteiger partial charge in [0.25, 0.3) is 0 Å². The van der Waals surface area contributed by atoms with Crippen molar-refractivity contribution >= 4 is 41.3 Å². The Morgan fingerprint density at radius 3 is 2.70 bits per heavy atom. The number of ether oxygens (including phenoxy) is 1. The van der Waals surface area contributed by atoms with Crippen LogP contribution in [-0.4, -0.2) is 72.7 Å². The second-order valence-corrected chi connectivity index (χ2v) is 9.03. The molecule has 0 aromatic carbocycles. The Balaban J connectivity index is 0.00000261. The number of hydrogen-bond donors (Lipinski definition) is 1. The second kappa shape index (κ2) is 10.4. The minimum Gasteiger partial charge on any atom is -0.379 e. The molecule has 1 aromatic rings. The summed E-state index contributed by atoms with van der Waals surface area (Å²) in [6, 6.07) is 0.620. The predicted molar refractivity (Wildman–Crippen MR) is 123 cm³/mol. The lowest BCUT2D eigenvalue weighted by atomic mass is 9.93. The molecule has 0 aliphatic carbocycles. The van der Waals surface area contributed by atoms with Crippen molar-refractivity contribution in [3.8, 4) is 0 Å². The van der Waals surface area contributed by atoms with Crippen LogP contribution in [0.15, 0.2) is 10.4 Å². The number of guanidine groups is 1. The Bertz CT molecular complexity index is 609. The normalized spacial score (nSPS) is 22.0. The molecule has 1 aromatic heterocycles. The van der Waals surface area contributed by atoms with Crippen molar-refractivity contribution in [2.75, 3.05) is 45.9 Å². The maximum absolute atomic E-state index is 5.49. The summed E-state index contributed by atoms with van der Waals surface area (Å²) < 4.78 is 5.49. The van der Waals surface area contributed by atoms with E-state index in [1.165, 1.54) is 6.42 Å². The summed E-state index contributed by atoms with van der Waals surface area (Å²) in [5.41, 5.74) is 1.26. The summed E-state index contributed by atoms with van der Waals surface area (Å²) in [6.07, 6.45) is 1.20. The number of hydrogen-bond acceptors (Lipinski definition) is 5. The van der Waals surface area contributed by atoms with Gasteiger partial charge in [-0.2, -0.15) is 0 Å². The minimum atomic E-state index is 0. The fourth-order valence-corrected chi connectivity index (χ4v) is 4.42. The molecule has 0 radical (unpaired) electrons. The topological polar surface area (TPSA) is 53.0 Å². The van der Waals surface area contributed by atoms with Gasteiger partial charge in [0.05, 0.1) is 25.5 Å². The van der Waals surface area contributed by atoms with Crippen LogP contribution in [0.3, 0.4) is 0 Å². The third-order valence-corrected chi connectivity index (χ3v) is 5.88. The standard InChI is InChI=1S/C19H33N5OS.HI/c1-5-20-18(21-12-17-22-16(14-26-17)19(2,3)4)24-7-6-15(13-24)23-8-10-25-11-9-23;/h14-15H,5-13H2,1-4H3,(H,20,21);1H. The smallest absolute Gasteiger partial charge is 0.194 e. The van der Waals surface area contributed by atoms with Crippen molar-refractivity contribution in [1.82, 2.24) is 20.1 Å². The SMILES string of the molecule is CCNC(=NCc1nc(C(C)(C)C)cs1)N1CCC(N2CCOCC2)C1.I. The van der Waals surface area contributed by atoms with Crippen LogP contribution in [0.4, 0.5) is 0 Å². The molecule has 8 heteroatoms. The van der Waals surface area contributed by atoms with Gasteiger partial charge in [-0.05, 0) is 13.3 Å². The number of thiazole rings is 1. The van der Waals surface area contributed by atoms with Gasteiger partial charge in [-0.1, -0.05) is 20.8 Å². The van der Waals surface area contributed by atoms with Crippen LogP contribution < -0.4 is 5.32 Å². The number of aromatic nitrogens is 1. The molecule has 6 nitrogen and oxygen atoms in total. The average Bonchev–Trinajstić information content (AvgIpc) is 3.29. The largest absolute Gasteiger partial charge is 0.379 e. The van der Waals surface area contributed by atoms with E-state index in [0.29, 0.717) is 12.6 Å². The zero-order valence-electron chi connectivity index (χ0n) is 17.0. The Morgan fingerprint density at radius 2 is 2.07 bits per heavy atom. The van der Waals surface area contributed by atoms with Crippen LogP contribution in [0.5, 0.6) is 0 Å². The van der Waals surface area contributed by atoms with E-state index in [2.05, 4.69) is 48.2 Å².